The van der Waals surface area contributed by atoms with E-state index in [2.05, 4.69) is 10.1 Å². The molecule has 0 saturated carbocycles. The average molecular weight is 219 g/mol. The molecule has 0 fully saturated rings. The van der Waals surface area contributed by atoms with Crippen molar-refractivity contribution in [2.45, 2.75) is 13.0 Å². The van der Waals surface area contributed by atoms with Gasteiger partial charge in [0.25, 0.3) is 0 Å². The molecular formula is C11H13N3O2. The van der Waals surface area contributed by atoms with E-state index in [0.29, 0.717) is 5.75 Å². The zero-order valence-electron chi connectivity index (χ0n) is 8.84. The van der Waals surface area contributed by atoms with Gasteiger partial charge < -0.3 is 20.7 Å². The summed E-state index contributed by atoms with van der Waals surface area (Å²) < 4.78 is 5.51. The Bertz CT molecular complexity index is 519. The molecule has 2 rings (SSSR count). The van der Waals surface area contributed by atoms with Crippen LogP contribution in [0.5, 0.6) is 5.75 Å². The lowest BCUT2D eigenvalue weighted by molar-refractivity contribution is 0.266. The summed E-state index contributed by atoms with van der Waals surface area (Å²) in [4.78, 5) is 3.09. The van der Waals surface area contributed by atoms with Crippen LogP contribution >= 0.6 is 0 Å². The average Bonchev–Trinajstić information content (AvgIpc) is 2.75. The van der Waals surface area contributed by atoms with E-state index in [1.807, 2.05) is 30.5 Å². The van der Waals surface area contributed by atoms with Crippen molar-refractivity contribution in [2.75, 3.05) is 0 Å². The molecule has 5 nitrogen and oxygen atoms in total. The van der Waals surface area contributed by atoms with Gasteiger partial charge in [0.1, 0.15) is 5.75 Å². The molecular weight excluding hydrogens is 206 g/mol. The fourth-order valence-corrected chi connectivity index (χ4v) is 1.45. The Morgan fingerprint density at radius 3 is 3.06 bits per heavy atom. The summed E-state index contributed by atoms with van der Waals surface area (Å²) in [7, 11) is 0. The summed E-state index contributed by atoms with van der Waals surface area (Å²) in [6, 6.07) is 7.60. The third-order valence-electron chi connectivity index (χ3n) is 2.37. The second-order valence-electron chi connectivity index (χ2n) is 3.51. The maximum absolute atomic E-state index is 8.50. The molecule has 1 aromatic heterocycles. The van der Waals surface area contributed by atoms with Crippen LogP contribution < -0.4 is 10.5 Å². The summed E-state index contributed by atoms with van der Waals surface area (Å²) in [5, 5.41) is 12.5. The van der Waals surface area contributed by atoms with E-state index in [1.54, 1.807) is 6.92 Å². The standard InChI is InChI=1S/C11H13N3O2/c1-7(11(12)14-15)16-9-2-3-10-8(6-9)4-5-13-10/h2-7,13,15H,1H3,(H2,12,14). The zero-order chi connectivity index (χ0) is 11.5. The highest BCUT2D eigenvalue weighted by Crippen LogP contribution is 2.20. The minimum atomic E-state index is -0.457. The second-order valence-corrected chi connectivity index (χ2v) is 3.51. The van der Waals surface area contributed by atoms with Crippen LogP contribution in [-0.2, 0) is 0 Å². The Labute approximate surface area is 92.5 Å². The van der Waals surface area contributed by atoms with E-state index in [-0.39, 0.29) is 5.84 Å². The van der Waals surface area contributed by atoms with Crippen LogP contribution in [-0.4, -0.2) is 22.1 Å². The van der Waals surface area contributed by atoms with Gasteiger partial charge in [-0.2, -0.15) is 0 Å². The highest BCUT2D eigenvalue weighted by Gasteiger charge is 2.09. The lowest BCUT2D eigenvalue weighted by Gasteiger charge is -2.12. The molecule has 0 saturated heterocycles. The molecule has 0 aliphatic rings. The number of amidine groups is 1. The van der Waals surface area contributed by atoms with Gasteiger partial charge in [-0.1, -0.05) is 5.16 Å². The van der Waals surface area contributed by atoms with Crippen molar-refractivity contribution < 1.29 is 9.94 Å². The molecule has 1 atom stereocenters. The topological polar surface area (TPSA) is 83.6 Å². The number of aromatic amines is 1. The number of oxime groups is 1. The lowest BCUT2D eigenvalue weighted by atomic mass is 10.2. The number of ether oxygens (including phenoxy) is 1. The first-order valence-corrected chi connectivity index (χ1v) is 4.92. The van der Waals surface area contributed by atoms with Crippen molar-refractivity contribution >= 4 is 16.7 Å². The lowest BCUT2D eigenvalue weighted by Crippen LogP contribution is -2.31. The molecule has 0 radical (unpaired) electrons. The smallest absolute Gasteiger partial charge is 0.180 e. The zero-order valence-corrected chi connectivity index (χ0v) is 8.84. The summed E-state index contributed by atoms with van der Waals surface area (Å²) >= 11 is 0. The number of H-pyrrole nitrogens is 1. The second kappa shape index (κ2) is 4.14. The number of hydrogen-bond donors (Lipinski definition) is 3. The van der Waals surface area contributed by atoms with Gasteiger partial charge in [0.15, 0.2) is 11.9 Å². The summed E-state index contributed by atoms with van der Waals surface area (Å²) in [5.41, 5.74) is 6.47. The maximum atomic E-state index is 8.50. The first kappa shape index (κ1) is 10.4. The molecule has 1 aromatic carbocycles. The normalized spacial score (nSPS) is 13.9. The van der Waals surface area contributed by atoms with E-state index in [9.17, 15) is 0 Å². The van der Waals surface area contributed by atoms with Crippen molar-refractivity contribution in [1.29, 1.82) is 0 Å². The Morgan fingerprint density at radius 1 is 1.50 bits per heavy atom. The van der Waals surface area contributed by atoms with Crippen LogP contribution in [0.2, 0.25) is 0 Å². The minimum Gasteiger partial charge on any atom is -0.483 e. The molecule has 4 N–H and O–H groups in total. The Balaban J connectivity index is 2.21. The molecule has 5 heteroatoms. The number of aromatic nitrogens is 1. The molecule has 84 valence electrons. The Kier molecular flexibility index (Phi) is 2.68. The molecule has 16 heavy (non-hydrogen) atoms. The quantitative estimate of drug-likeness (QED) is 0.318. The fraction of sp³-hybridized carbons (Fsp3) is 0.182. The number of fused-ring (bicyclic) bond motifs is 1. The van der Waals surface area contributed by atoms with Gasteiger partial charge in [-0.3, -0.25) is 0 Å². The number of nitrogens with one attached hydrogen (secondary N) is 1. The Morgan fingerprint density at radius 2 is 2.31 bits per heavy atom. The predicted octanol–water partition coefficient (Wildman–Crippen LogP) is 1.68. The van der Waals surface area contributed by atoms with Gasteiger partial charge in [0, 0.05) is 17.1 Å². The van der Waals surface area contributed by atoms with Gasteiger partial charge in [-0.15, -0.1) is 0 Å². The van der Waals surface area contributed by atoms with Crippen molar-refractivity contribution in [3.05, 3.63) is 30.5 Å². The minimum absolute atomic E-state index is 0.0502. The van der Waals surface area contributed by atoms with E-state index < -0.39 is 6.10 Å². The highest BCUT2D eigenvalue weighted by molar-refractivity contribution is 5.84. The summed E-state index contributed by atoms with van der Waals surface area (Å²) in [6.45, 7) is 1.72. The van der Waals surface area contributed by atoms with Crippen LogP contribution in [0.15, 0.2) is 35.6 Å². The highest BCUT2D eigenvalue weighted by atomic mass is 16.5. The van der Waals surface area contributed by atoms with Crippen LogP contribution in [0, 0.1) is 0 Å². The van der Waals surface area contributed by atoms with E-state index in [0.717, 1.165) is 10.9 Å². The molecule has 1 heterocycles. The van der Waals surface area contributed by atoms with E-state index >= 15 is 0 Å². The van der Waals surface area contributed by atoms with E-state index in [4.69, 9.17) is 15.7 Å². The Hall–Kier alpha value is -2.17. The van der Waals surface area contributed by atoms with Crippen LogP contribution in [0.25, 0.3) is 10.9 Å². The maximum Gasteiger partial charge on any atom is 0.180 e. The largest absolute Gasteiger partial charge is 0.483 e. The molecule has 0 spiro atoms. The van der Waals surface area contributed by atoms with Gasteiger partial charge in [0.2, 0.25) is 0 Å². The third kappa shape index (κ3) is 1.93. The van der Waals surface area contributed by atoms with Gasteiger partial charge in [0.05, 0.1) is 0 Å². The molecule has 0 amide bonds. The monoisotopic (exact) mass is 219 g/mol. The fourth-order valence-electron chi connectivity index (χ4n) is 1.45. The van der Waals surface area contributed by atoms with Crippen LogP contribution in [0.4, 0.5) is 0 Å². The van der Waals surface area contributed by atoms with Crippen molar-refractivity contribution in [3.8, 4) is 5.75 Å². The molecule has 0 bridgehead atoms. The number of nitrogens with two attached hydrogens (primary N) is 1. The first-order valence-electron chi connectivity index (χ1n) is 4.92. The number of hydrogen-bond acceptors (Lipinski definition) is 3. The molecule has 0 aliphatic carbocycles. The summed E-state index contributed by atoms with van der Waals surface area (Å²) in [5.74, 6) is 0.736. The SMILES string of the molecule is CC(Oc1ccc2[nH]ccc2c1)/C(N)=N\O. The summed E-state index contributed by atoms with van der Waals surface area (Å²) in [6.07, 6.45) is 1.41. The van der Waals surface area contributed by atoms with Crippen LogP contribution in [0.1, 0.15) is 6.92 Å². The molecule has 2 aromatic rings. The van der Waals surface area contributed by atoms with Gasteiger partial charge in [-0.25, -0.2) is 0 Å². The number of nitrogens with zero attached hydrogens (tertiary/aromatic N) is 1. The molecule has 1 unspecified atom stereocenters. The van der Waals surface area contributed by atoms with Crippen molar-refractivity contribution in [2.24, 2.45) is 10.9 Å². The van der Waals surface area contributed by atoms with Gasteiger partial charge in [-0.05, 0) is 31.2 Å². The van der Waals surface area contributed by atoms with Crippen molar-refractivity contribution in [1.82, 2.24) is 4.98 Å². The number of rotatable bonds is 3. The van der Waals surface area contributed by atoms with Gasteiger partial charge >= 0.3 is 0 Å². The number of benzene rings is 1. The van der Waals surface area contributed by atoms with Crippen LogP contribution in [0.3, 0.4) is 0 Å². The van der Waals surface area contributed by atoms with E-state index in [1.165, 1.54) is 0 Å². The first-order chi connectivity index (χ1) is 7.70. The predicted molar refractivity (Wildman–Crippen MR) is 61.8 cm³/mol. The van der Waals surface area contributed by atoms with Crippen molar-refractivity contribution in [3.63, 3.8) is 0 Å². The third-order valence-corrected chi connectivity index (χ3v) is 2.37. The molecule has 0 aliphatic heterocycles.